The fraction of sp³-hybridized carbons (Fsp3) is 0.357. The molecule has 5 heteroatoms. The second-order valence-electron chi connectivity index (χ2n) is 4.43. The minimum atomic E-state index is 0.288. The van der Waals surface area contributed by atoms with Crippen LogP contribution in [0.25, 0.3) is 0 Å². The summed E-state index contributed by atoms with van der Waals surface area (Å²) in [6.45, 7) is 3.08. The molecule has 0 amide bonds. The van der Waals surface area contributed by atoms with Crippen LogP contribution in [0.5, 0.6) is 0 Å². The van der Waals surface area contributed by atoms with Crippen LogP contribution in [0, 0.1) is 3.57 Å². The molecule has 102 valence electrons. The third kappa shape index (κ3) is 3.79. The van der Waals surface area contributed by atoms with E-state index in [0.717, 1.165) is 23.3 Å². The number of rotatable bonds is 5. The van der Waals surface area contributed by atoms with Crippen molar-refractivity contribution in [3.05, 3.63) is 50.0 Å². The summed E-state index contributed by atoms with van der Waals surface area (Å²) in [5, 5.41) is 3.55. The van der Waals surface area contributed by atoms with Crippen molar-refractivity contribution in [3.8, 4) is 0 Å². The topological polar surface area (TPSA) is 29.9 Å². The Hall–Kier alpha value is -0.400. The summed E-state index contributed by atoms with van der Waals surface area (Å²) in [5.74, 6) is 1.10. The maximum absolute atomic E-state index is 4.42. The number of halogens is 2. The van der Waals surface area contributed by atoms with E-state index in [1.165, 1.54) is 9.13 Å². The maximum atomic E-state index is 4.42. The molecule has 0 aliphatic carbocycles. The first-order valence-corrected chi connectivity index (χ1v) is 8.13. The molecule has 1 unspecified atom stereocenters. The minimum absolute atomic E-state index is 0.288. The number of imidazole rings is 1. The largest absolute Gasteiger partial charge is 0.338 e. The van der Waals surface area contributed by atoms with Gasteiger partial charge in [-0.15, -0.1) is 0 Å². The van der Waals surface area contributed by atoms with Crippen LogP contribution in [0.2, 0.25) is 0 Å². The average Bonchev–Trinajstić information content (AvgIpc) is 2.78. The third-order valence-electron chi connectivity index (χ3n) is 3.09. The highest BCUT2D eigenvalue weighted by Gasteiger charge is 2.16. The molecule has 0 bridgehead atoms. The van der Waals surface area contributed by atoms with E-state index in [1.54, 1.807) is 0 Å². The predicted molar refractivity (Wildman–Crippen MR) is 90.2 cm³/mol. The molecule has 1 atom stereocenters. The zero-order valence-corrected chi connectivity index (χ0v) is 14.8. The van der Waals surface area contributed by atoms with Crippen molar-refractivity contribution in [3.63, 3.8) is 0 Å². The lowest BCUT2D eigenvalue weighted by atomic mass is 10.0. The number of hydrogen-bond donors (Lipinski definition) is 1. The lowest BCUT2D eigenvalue weighted by molar-refractivity contribution is 0.527. The lowest BCUT2D eigenvalue weighted by Gasteiger charge is -2.20. The molecule has 0 aliphatic heterocycles. The van der Waals surface area contributed by atoms with E-state index in [1.807, 2.05) is 19.4 Å². The molecular weight excluding hydrogens is 417 g/mol. The summed E-state index contributed by atoms with van der Waals surface area (Å²) in [6, 6.07) is 6.70. The molecule has 3 nitrogen and oxygen atoms in total. The van der Waals surface area contributed by atoms with Crippen molar-refractivity contribution in [1.82, 2.24) is 14.9 Å². The Morgan fingerprint density at radius 2 is 2.26 bits per heavy atom. The highest BCUT2D eigenvalue weighted by atomic mass is 127. The van der Waals surface area contributed by atoms with E-state index in [0.29, 0.717) is 0 Å². The van der Waals surface area contributed by atoms with Gasteiger partial charge < -0.3 is 9.88 Å². The minimum Gasteiger partial charge on any atom is -0.338 e. The van der Waals surface area contributed by atoms with Gasteiger partial charge in [0.05, 0.1) is 0 Å². The van der Waals surface area contributed by atoms with Crippen LogP contribution in [0.15, 0.2) is 35.1 Å². The van der Waals surface area contributed by atoms with Gasteiger partial charge in [0, 0.05) is 39.9 Å². The van der Waals surface area contributed by atoms with Crippen molar-refractivity contribution in [1.29, 1.82) is 0 Å². The molecule has 1 N–H and O–H groups in total. The van der Waals surface area contributed by atoms with E-state index in [-0.39, 0.29) is 6.04 Å². The Labute approximate surface area is 136 Å². The number of likely N-dealkylation sites (N-methyl/N-ethyl adjacent to an activating group) is 1. The SMILES string of the molecule is CCNC(Cc1nccn1C)c1cc(Br)ccc1I. The highest BCUT2D eigenvalue weighted by molar-refractivity contribution is 14.1. The van der Waals surface area contributed by atoms with Gasteiger partial charge in [-0.25, -0.2) is 4.98 Å². The molecular formula is C14H17BrIN3. The number of aryl methyl sites for hydroxylation is 1. The Kier molecular flexibility index (Phi) is 5.41. The summed E-state index contributed by atoms with van der Waals surface area (Å²) in [7, 11) is 2.04. The number of nitrogens with zero attached hydrogens (tertiary/aromatic N) is 2. The first-order valence-electron chi connectivity index (χ1n) is 6.26. The van der Waals surface area contributed by atoms with Crippen LogP contribution >= 0.6 is 38.5 Å². The first kappa shape index (κ1) is 15.0. The van der Waals surface area contributed by atoms with E-state index in [2.05, 4.69) is 78.5 Å². The van der Waals surface area contributed by atoms with Gasteiger partial charge in [0.25, 0.3) is 0 Å². The second kappa shape index (κ2) is 6.85. The highest BCUT2D eigenvalue weighted by Crippen LogP contribution is 2.26. The number of aromatic nitrogens is 2. The molecule has 0 aliphatic rings. The maximum Gasteiger partial charge on any atom is 0.110 e. The molecule has 2 aromatic rings. The Morgan fingerprint density at radius 1 is 1.47 bits per heavy atom. The van der Waals surface area contributed by atoms with Crippen LogP contribution < -0.4 is 5.32 Å². The smallest absolute Gasteiger partial charge is 0.110 e. The average molecular weight is 434 g/mol. The van der Waals surface area contributed by atoms with Gasteiger partial charge in [-0.2, -0.15) is 0 Å². The second-order valence-corrected chi connectivity index (χ2v) is 6.51. The molecule has 19 heavy (non-hydrogen) atoms. The number of nitrogens with one attached hydrogen (secondary N) is 1. The molecule has 1 aromatic heterocycles. The van der Waals surface area contributed by atoms with Crippen molar-refractivity contribution in [2.45, 2.75) is 19.4 Å². The molecule has 1 aromatic carbocycles. The van der Waals surface area contributed by atoms with Crippen LogP contribution in [-0.4, -0.2) is 16.1 Å². The number of hydrogen-bond acceptors (Lipinski definition) is 2. The quantitative estimate of drug-likeness (QED) is 0.729. The van der Waals surface area contributed by atoms with Gasteiger partial charge in [0.15, 0.2) is 0 Å². The standard InChI is InChI=1S/C14H17BrIN3/c1-3-17-13(9-14-18-6-7-19(14)2)11-8-10(15)4-5-12(11)16/h4-8,13,17H,3,9H2,1-2H3. The Morgan fingerprint density at radius 3 is 2.89 bits per heavy atom. The molecule has 2 rings (SSSR count). The Bertz CT molecular complexity index is 553. The van der Waals surface area contributed by atoms with Crippen molar-refractivity contribution in [2.75, 3.05) is 6.54 Å². The van der Waals surface area contributed by atoms with Gasteiger partial charge in [-0.05, 0) is 52.9 Å². The fourth-order valence-electron chi connectivity index (χ4n) is 2.10. The molecule has 0 saturated heterocycles. The van der Waals surface area contributed by atoms with Crippen molar-refractivity contribution >= 4 is 38.5 Å². The van der Waals surface area contributed by atoms with E-state index >= 15 is 0 Å². The van der Waals surface area contributed by atoms with Crippen LogP contribution in [0.4, 0.5) is 0 Å². The number of benzene rings is 1. The van der Waals surface area contributed by atoms with Crippen molar-refractivity contribution in [2.24, 2.45) is 7.05 Å². The third-order valence-corrected chi connectivity index (χ3v) is 4.57. The summed E-state index contributed by atoms with van der Waals surface area (Å²) in [6.07, 6.45) is 4.73. The normalized spacial score (nSPS) is 12.6. The molecule has 0 spiro atoms. The lowest BCUT2D eigenvalue weighted by Crippen LogP contribution is -2.25. The molecule has 0 radical (unpaired) electrons. The summed E-state index contributed by atoms with van der Waals surface area (Å²) in [5.41, 5.74) is 1.32. The molecule has 0 fully saturated rings. The summed E-state index contributed by atoms with van der Waals surface area (Å²) >= 11 is 5.95. The molecule has 1 heterocycles. The van der Waals surface area contributed by atoms with Gasteiger partial charge in [-0.1, -0.05) is 22.9 Å². The van der Waals surface area contributed by atoms with E-state index in [4.69, 9.17) is 0 Å². The van der Waals surface area contributed by atoms with E-state index in [9.17, 15) is 0 Å². The van der Waals surface area contributed by atoms with Gasteiger partial charge in [-0.3, -0.25) is 0 Å². The monoisotopic (exact) mass is 433 g/mol. The van der Waals surface area contributed by atoms with Gasteiger partial charge >= 0.3 is 0 Å². The van der Waals surface area contributed by atoms with Crippen LogP contribution in [0.1, 0.15) is 24.4 Å². The fourth-order valence-corrected chi connectivity index (χ4v) is 3.19. The Balaban J connectivity index is 2.29. The van der Waals surface area contributed by atoms with Crippen LogP contribution in [0.3, 0.4) is 0 Å². The van der Waals surface area contributed by atoms with Crippen molar-refractivity contribution < 1.29 is 0 Å². The van der Waals surface area contributed by atoms with Crippen LogP contribution in [-0.2, 0) is 13.5 Å². The van der Waals surface area contributed by atoms with E-state index < -0.39 is 0 Å². The van der Waals surface area contributed by atoms with Gasteiger partial charge in [0.2, 0.25) is 0 Å². The summed E-state index contributed by atoms with van der Waals surface area (Å²) < 4.78 is 4.47. The van der Waals surface area contributed by atoms with Gasteiger partial charge in [0.1, 0.15) is 5.82 Å². The first-order chi connectivity index (χ1) is 9.11. The molecule has 0 saturated carbocycles. The predicted octanol–water partition coefficient (Wildman–Crippen LogP) is 3.68. The zero-order valence-electron chi connectivity index (χ0n) is 11.0. The summed E-state index contributed by atoms with van der Waals surface area (Å²) in [4.78, 5) is 4.42. The zero-order chi connectivity index (χ0) is 13.8.